The Labute approximate surface area is 146 Å². The van der Waals surface area contributed by atoms with Gasteiger partial charge in [-0.2, -0.15) is 0 Å². The van der Waals surface area contributed by atoms with Crippen molar-refractivity contribution in [2.45, 2.75) is 32.2 Å². The molecular weight excluding hydrogens is 320 g/mol. The minimum absolute atomic E-state index is 0.0558. The normalized spacial score (nSPS) is 15.5. The quantitative estimate of drug-likeness (QED) is 0.845. The van der Waals surface area contributed by atoms with Gasteiger partial charge in [-0.1, -0.05) is 12.1 Å². The van der Waals surface area contributed by atoms with Crippen molar-refractivity contribution in [1.82, 2.24) is 10.3 Å². The summed E-state index contributed by atoms with van der Waals surface area (Å²) in [6.45, 7) is 4.79. The van der Waals surface area contributed by atoms with Gasteiger partial charge in [-0.3, -0.25) is 4.79 Å². The highest BCUT2D eigenvalue weighted by Crippen LogP contribution is 2.24. The van der Waals surface area contributed by atoms with Crippen LogP contribution in [0, 0.1) is 0 Å². The van der Waals surface area contributed by atoms with Crippen LogP contribution < -0.4 is 16.0 Å². The third-order valence-electron chi connectivity index (χ3n) is 4.33. The molecule has 0 aliphatic carbocycles. The molecule has 1 aliphatic heterocycles. The van der Waals surface area contributed by atoms with Crippen LogP contribution in [0.3, 0.4) is 0 Å². The van der Waals surface area contributed by atoms with Crippen molar-refractivity contribution in [2.75, 3.05) is 24.5 Å². The molecule has 3 N–H and O–H groups in total. The van der Waals surface area contributed by atoms with Crippen LogP contribution in [-0.2, 0) is 6.42 Å². The first-order chi connectivity index (χ1) is 11.7. The number of anilines is 1. The van der Waals surface area contributed by atoms with Gasteiger partial charge in [0.2, 0.25) is 0 Å². The molecule has 2 heterocycles. The van der Waals surface area contributed by atoms with E-state index in [1.54, 1.807) is 5.38 Å². The summed E-state index contributed by atoms with van der Waals surface area (Å²) in [6.07, 6.45) is 3.22. The summed E-state index contributed by atoms with van der Waals surface area (Å²) < 4.78 is 0. The maximum Gasteiger partial charge on any atom is 0.271 e. The SMILES string of the molecule is CC(NC(=O)c1csc(CCN)n1)c1cccc(N2CCCC2)c1. The smallest absolute Gasteiger partial charge is 0.271 e. The van der Waals surface area contributed by atoms with Crippen LogP contribution in [0.5, 0.6) is 0 Å². The van der Waals surface area contributed by atoms with Gasteiger partial charge in [-0.15, -0.1) is 11.3 Å². The van der Waals surface area contributed by atoms with E-state index in [2.05, 4.69) is 39.5 Å². The Morgan fingerprint density at radius 1 is 1.42 bits per heavy atom. The average Bonchev–Trinajstić information content (AvgIpc) is 3.27. The summed E-state index contributed by atoms with van der Waals surface area (Å²) in [5, 5.41) is 5.75. The fourth-order valence-corrected chi connectivity index (χ4v) is 3.77. The van der Waals surface area contributed by atoms with Crippen molar-refractivity contribution in [2.24, 2.45) is 5.73 Å². The molecule has 1 aromatic carbocycles. The minimum atomic E-state index is -0.131. The number of hydrogen-bond acceptors (Lipinski definition) is 5. The van der Waals surface area contributed by atoms with Gasteiger partial charge in [0.25, 0.3) is 5.91 Å². The van der Waals surface area contributed by atoms with E-state index < -0.39 is 0 Å². The zero-order valence-corrected chi connectivity index (χ0v) is 14.8. The molecule has 0 radical (unpaired) electrons. The van der Waals surface area contributed by atoms with E-state index in [0.717, 1.165) is 23.7 Å². The lowest BCUT2D eigenvalue weighted by atomic mass is 10.1. The van der Waals surface area contributed by atoms with Gasteiger partial charge in [-0.05, 0) is 44.0 Å². The van der Waals surface area contributed by atoms with E-state index in [0.29, 0.717) is 18.7 Å². The van der Waals surface area contributed by atoms with Crippen molar-refractivity contribution in [3.8, 4) is 0 Å². The predicted octanol–water partition coefficient (Wildman–Crippen LogP) is 2.74. The molecule has 0 saturated carbocycles. The first-order valence-corrected chi connectivity index (χ1v) is 9.35. The molecule has 0 spiro atoms. The van der Waals surface area contributed by atoms with Crippen LogP contribution in [-0.4, -0.2) is 30.5 Å². The number of hydrogen-bond donors (Lipinski definition) is 2. The number of nitrogens with two attached hydrogens (primary N) is 1. The Kier molecular flexibility index (Phi) is 5.48. The van der Waals surface area contributed by atoms with Crippen LogP contribution in [0.4, 0.5) is 5.69 Å². The van der Waals surface area contributed by atoms with Gasteiger partial charge in [-0.25, -0.2) is 4.98 Å². The molecule has 128 valence electrons. The third kappa shape index (κ3) is 3.94. The fraction of sp³-hybridized carbons (Fsp3) is 0.444. The number of benzene rings is 1. The predicted molar refractivity (Wildman–Crippen MR) is 98.6 cm³/mol. The molecule has 1 amide bonds. The van der Waals surface area contributed by atoms with Gasteiger partial charge in [0.15, 0.2) is 0 Å². The van der Waals surface area contributed by atoms with Gasteiger partial charge in [0.1, 0.15) is 5.69 Å². The Balaban J connectivity index is 1.66. The van der Waals surface area contributed by atoms with Crippen LogP contribution in [0.15, 0.2) is 29.6 Å². The lowest BCUT2D eigenvalue weighted by Gasteiger charge is -2.20. The highest BCUT2D eigenvalue weighted by molar-refractivity contribution is 7.09. The molecule has 1 fully saturated rings. The number of thiazole rings is 1. The van der Waals surface area contributed by atoms with E-state index in [-0.39, 0.29) is 11.9 Å². The van der Waals surface area contributed by atoms with Gasteiger partial charge in [0.05, 0.1) is 11.0 Å². The molecule has 2 aromatic rings. The molecular formula is C18H24N4OS. The maximum atomic E-state index is 12.4. The van der Waals surface area contributed by atoms with E-state index in [9.17, 15) is 4.79 Å². The molecule has 0 bridgehead atoms. The number of nitrogens with one attached hydrogen (secondary N) is 1. The average molecular weight is 344 g/mol. The van der Waals surface area contributed by atoms with Crippen LogP contribution in [0.25, 0.3) is 0 Å². The van der Waals surface area contributed by atoms with E-state index in [1.165, 1.54) is 29.9 Å². The highest BCUT2D eigenvalue weighted by atomic mass is 32.1. The van der Waals surface area contributed by atoms with Crippen molar-refractivity contribution in [1.29, 1.82) is 0 Å². The summed E-state index contributed by atoms with van der Waals surface area (Å²) >= 11 is 1.49. The first kappa shape index (κ1) is 16.9. The minimum Gasteiger partial charge on any atom is -0.372 e. The number of carbonyl (C=O) groups excluding carboxylic acids is 1. The molecule has 1 atom stereocenters. The molecule has 24 heavy (non-hydrogen) atoms. The van der Waals surface area contributed by atoms with Crippen molar-refractivity contribution < 1.29 is 4.79 Å². The Morgan fingerprint density at radius 3 is 2.96 bits per heavy atom. The number of nitrogens with zero attached hydrogens (tertiary/aromatic N) is 2. The van der Waals surface area contributed by atoms with Gasteiger partial charge < -0.3 is 16.0 Å². The van der Waals surface area contributed by atoms with Gasteiger partial charge in [0, 0.05) is 30.6 Å². The van der Waals surface area contributed by atoms with Crippen molar-refractivity contribution in [3.63, 3.8) is 0 Å². The van der Waals surface area contributed by atoms with Crippen molar-refractivity contribution >= 4 is 22.9 Å². The van der Waals surface area contributed by atoms with Crippen LogP contribution >= 0.6 is 11.3 Å². The summed E-state index contributed by atoms with van der Waals surface area (Å²) in [7, 11) is 0. The zero-order chi connectivity index (χ0) is 16.9. The summed E-state index contributed by atoms with van der Waals surface area (Å²) in [5.41, 5.74) is 8.37. The topological polar surface area (TPSA) is 71.2 Å². The van der Waals surface area contributed by atoms with Crippen LogP contribution in [0.1, 0.15) is 46.9 Å². The largest absolute Gasteiger partial charge is 0.372 e. The lowest BCUT2D eigenvalue weighted by molar-refractivity contribution is 0.0935. The summed E-state index contributed by atoms with van der Waals surface area (Å²) in [6, 6.07) is 8.39. The molecule has 1 aliphatic rings. The third-order valence-corrected chi connectivity index (χ3v) is 5.24. The monoisotopic (exact) mass is 344 g/mol. The van der Waals surface area contributed by atoms with E-state index in [4.69, 9.17) is 5.73 Å². The number of rotatable bonds is 6. The number of amides is 1. The Hall–Kier alpha value is -1.92. The number of carbonyl (C=O) groups is 1. The number of aromatic nitrogens is 1. The van der Waals surface area contributed by atoms with E-state index >= 15 is 0 Å². The molecule has 3 rings (SSSR count). The van der Waals surface area contributed by atoms with Crippen molar-refractivity contribution in [3.05, 3.63) is 45.9 Å². The lowest BCUT2D eigenvalue weighted by Crippen LogP contribution is -2.27. The highest BCUT2D eigenvalue weighted by Gasteiger charge is 2.17. The molecule has 6 heteroatoms. The summed E-state index contributed by atoms with van der Waals surface area (Å²) in [4.78, 5) is 19.1. The first-order valence-electron chi connectivity index (χ1n) is 8.47. The fourth-order valence-electron chi connectivity index (χ4n) is 2.97. The Bertz CT molecular complexity index is 694. The maximum absolute atomic E-state index is 12.4. The molecule has 1 unspecified atom stereocenters. The van der Waals surface area contributed by atoms with Crippen LogP contribution in [0.2, 0.25) is 0 Å². The van der Waals surface area contributed by atoms with Gasteiger partial charge >= 0.3 is 0 Å². The second-order valence-corrected chi connectivity index (χ2v) is 7.09. The molecule has 5 nitrogen and oxygen atoms in total. The second-order valence-electron chi connectivity index (χ2n) is 6.15. The second kappa shape index (κ2) is 7.77. The summed E-state index contributed by atoms with van der Waals surface area (Å²) in [5.74, 6) is -0.131. The zero-order valence-electron chi connectivity index (χ0n) is 14.0. The standard InChI is InChI=1S/C18H24N4OS/c1-13(20-18(23)16-12-24-17(21-16)7-8-19)14-5-4-6-15(11-14)22-9-2-3-10-22/h4-6,11-13H,2-3,7-10,19H2,1H3,(H,20,23). The Morgan fingerprint density at radius 2 is 2.21 bits per heavy atom. The molecule has 1 aromatic heterocycles. The molecule has 1 saturated heterocycles. The van der Waals surface area contributed by atoms with E-state index in [1.807, 2.05) is 6.92 Å².